The number of carbonyl (C=O) groups excluding carboxylic acids is 3. The van der Waals surface area contributed by atoms with Gasteiger partial charge in [-0.15, -0.1) is 0 Å². The minimum Gasteiger partial charge on any atom is -0.486 e. The van der Waals surface area contributed by atoms with Crippen LogP contribution in [0.2, 0.25) is 0 Å². The summed E-state index contributed by atoms with van der Waals surface area (Å²) in [4.78, 5) is 38.2. The molecule has 2 atom stereocenters. The zero-order valence-electron chi connectivity index (χ0n) is 14.3. The van der Waals surface area contributed by atoms with Crippen molar-refractivity contribution in [1.82, 2.24) is 4.90 Å². The first-order valence-corrected chi connectivity index (χ1v) is 8.83. The Balaban J connectivity index is 1.34. The Labute approximate surface area is 150 Å². The van der Waals surface area contributed by atoms with Gasteiger partial charge in [0, 0.05) is 24.7 Å². The van der Waals surface area contributed by atoms with Crippen LogP contribution >= 0.6 is 0 Å². The lowest BCUT2D eigenvalue weighted by molar-refractivity contribution is -0.140. The molecule has 1 aliphatic carbocycles. The third-order valence-corrected chi connectivity index (χ3v) is 4.99. The molecule has 0 saturated carbocycles. The topological polar surface area (TPSA) is 84.9 Å². The quantitative estimate of drug-likeness (QED) is 0.656. The van der Waals surface area contributed by atoms with Crippen molar-refractivity contribution >= 4 is 23.4 Å². The van der Waals surface area contributed by atoms with Crippen LogP contribution < -0.4 is 14.8 Å². The van der Waals surface area contributed by atoms with Crippen molar-refractivity contribution in [3.05, 3.63) is 30.4 Å². The zero-order chi connectivity index (χ0) is 18.1. The van der Waals surface area contributed by atoms with Crippen LogP contribution in [-0.2, 0) is 14.4 Å². The standard InChI is InChI=1S/C19H20N2O5/c22-17(20-12-5-6-15-16(11-12)26-10-9-25-15)7-8-21-18(23)13-3-1-2-4-14(13)19(21)24/h1-2,5-6,11,13-14H,3-4,7-10H2,(H,20,22)/t13-,14-/m0/s1. The number of nitrogens with zero attached hydrogens (tertiary/aromatic N) is 1. The molecule has 1 aromatic carbocycles. The van der Waals surface area contributed by atoms with Crippen molar-refractivity contribution in [3.63, 3.8) is 0 Å². The van der Waals surface area contributed by atoms with E-state index in [4.69, 9.17) is 9.47 Å². The van der Waals surface area contributed by atoms with Gasteiger partial charge in [0.15, 0.2) is 11.5 Å². The molecule has 0 bridgehead atoms. The Bertz CT molecular complexity index is 762. The number of allylic oxidation sites excluding steroid dienone is 2. The third kappa shape index (κ3) is 3.05. The van der Waals surface area contributed by atoms with E-state index >= 15 is 0 Å². The normalized spacial score (nSPS) is 23.8. The van der Waals surface area contributed by atoms with Gasteiger partial charge in [-0.3, -0.25) is 19.3 Å². The summed E-state index contributed by atoms with van der Waals surface area (Å²) in [6.07, 6.45) is 5.18. The number of rotatable bonds is 4. The molecule has 136 valence electrons. The van der Waals surface area contributed by atoms with Crippen LogP contribution in [0.25, 0.3) is 0 Å². The third-order valence-electron chi connectivity index (χ3n) is 4.99. The van der Waals surface area contributed by atoms with E-state index in [1.165, 1.54) is 4.90 Å². The number of carbonyl (C=O) groups is 3. The first-order valence-electron chi connectivity index (χ1n) is 8.83. The lowest BCUT2D eigenvalue weighted by Gasteiger charge is -2.19. The Hall–Kier alpha value is -2.83. The highest BCUT2D eigenvalue weighted by atomic mass is 16.6. The number of nitrogens with one attached hydrogen (secondary N) is 1. The summed E-state index contributed by atoms with van der Waals surface area (Å²) < 4.78 is 10.9. The van der Waals surface area contributed by atoms with E-state index in [2.05, 4.69) is 5.32 Å². The molecule has 1 aromatic rings. The molecule has 0 radical (unpaired) electrons. The van der Waals surface area contributed by atoms with Crippen LogP contribution in [0, 0.1) is 11.8 Å². The van der Waals surface area contributed by atoms with E-state index in [-0.39, 0.29) is 42.5 Å². The minimum atomic E-state index is -0.256. The van der Waals surface area contributed by atoms with Gasteiger partial charge < -0.3 is 14.8 Å². The van der Waals surface area contributed by atoms with E-state index in [0.717, 1.165) is 0 Å². The first-order chi connectivity index (χ1) is 12.6. The predicted molar refractivity (Wildman–Crippen MR) is 92.8 cm³/mol. The molecule has 2 aliphatic heterocycles. The number of benzene rings is 1. The summed E-state index contributed by atoms with van der Waals surface area (Å²) in [5, 5.41) is 2.77. The summed E-state index contributed by atoms with van der Waals surface area (Å²) in [7, 11) is 0. The Kier molecular flexibility index (Phi) is 4.36. The van der Waals surface area contributed by atoms with Gasteiger partial charge in [0.25, 0.3) is 0 Å². The van der Waals surface area contributed by atoms with E-state index < -0.39 is 0 Å². The van der Waals surface area contributed by atoms with Crippen molar-refractivity contribution < 1.29 is 23.9 Å². The van der Waals surface area contributed by atoms with Crippen molar-refractivity contribution in [3.8, 4) is 11.5 Å². The second-order valence-corrected chi connectivity index (χ2v) is 6.64. The van der Waals surface area contributed by atoms with Crippen LogP contribution in [0.15, 0.2) is 30.4 Å². The van der Waals surface area contributed by atoms with Gasteiger partial charge in [0.05, 0.1) is 11.8 Å². The molecule has 3 aliphatic rings. The van der Waals surface area contributed by atoms with Gasteiger partial charge in [0.2, 0.25) is 17.7 Å². The average Bonchev–Trinajstić information content (AvgIpc) is 2.91. The molecule has 3 amide bonds. The lowest BCUT2D eigenvalue weighted by Crippen LogP contribution is -2.34. The molecule has 2 heterocycles. The zero-order valence-corrected chi connectivity index (χ0v) is 14.3. The summed E-state index contributed by atoms with van der Waals surface area (Å²) >= 11 is 0. The largest absolute Gasteiger partial charge is 0.486 e. The molecule has 7 heteroatoms. The summed E-state index contributed by atoms with van der Waals surface area (Å²) in [6.45, 7) is 1.09. The first kappa shape index (κ1) is 16.6. The van der Waals surface area contributed by atoms with Crippen molar-refractivity contribution in [2.24, 2.45) is 11.8 Å². The number of hydrogen-bond donors (Lipinski definition) is 1. The van der Waals surface area contributed by atoms with Gasteiger partial charge >= 0.3 is 0 Å². The fourth-order valence-electron chi connectivity index (χ4n) is 3.65. The number of likely N-dealkylation sites (tertiary alicyclic amines) is 1. The van der Waals surface area contributed by atoms with Crippen molar-refractivity contribution in [2.75, 3.05) is 25.1 Å². The van der Waals surface area contributed by atoms with E-state index in [9.17, 15) is 14.4 Å². The van der Waals surface area contributed by atoms with E-state index in [1.54, 1.807) is 18.2 Å². The predicted octanol–water partition coefficient (Wildman–Crippen LogP) is 1.74. The monoisotopic (exact) mass is 356 g/mol. The fraction of sp³-hybridized carbons (Fsp3) is 0.421. The maximum atomic E-state index is 12.4. The van der Waals surface area contributed by atoms with Gasteiger partial charge in [-0.25, -0.2) is 0 Å². The van der Waals surface area contributed by atoms with Crippen LogP contribution in [0.1, 0.15) is 19.3 Å². The number of fused-ring (bicyclic) bond motifs is 2. The molecule has 1 fully saturated rings. The fourth-order valence-corrected chi connectivity index (χ4v) is 3.65. The molecular weight excluding hydrogens is 336 g/mol. The smallest absolute Gasteiger partial charge is 0.233 e. The van der Waals surface area contributed by atoms with Crippen molar-refractivity contribution in [1.29, 1.82) is 0 Å². The molecule has 26 heavy (non-hydrogen) atoms. The van der Waals surface area contributed by atoms with E-state index in [0.29, 0.717) is 43.2 Å². The average molecular weight is 356 g/mol. The molecule has 7 nitrogen and oxygen atoms in total. The van der Waals surface area contributed by atoms with Crippen LogP contribution in [0.5, 0.6) is 11.5 Å². The molecule has 4 rings (SSSR count). The Morgan fingerprint density at radius 2 is 1.69 bits per heavy atom. The number of anilines is 1. The van der Waals surface area contributed by atoms with Crippen LogP contribution in [0.3, 0.4) is 0 Å². The number of amides is 3. The molecule has 1 N–H and O–H groups in total. The van der Waals surface area contributed by atoms with Gasteiger partial charge in [0.1, 0.15) is 13.2 Å². The van der Waals surface area contributed by atoms with E-state index in [1.807, 2.05) is 12.2 Å². The molecular formula is C19H20N2O5. The highest BCUT2D eigenvalue weighted by molar-refractivity contribution is 6.05. The maximum Gasteiger partial charge on any atom is 0.233 e. The SMILES string of the molecule is O=C(CCN1C(=O)[C@H]2CC=CC[C@@H]2C1=O)Nc1ccc2c(c1)OCCO2. The van der Waals surface area contributed by atoms with Gasteiger partial charge in [-0.1, -0.05) is 12.2 Å². The van der Waals surface area contributed by atoms with Gasteiger partial charge in [-0.2, -0.15) is 0 Å². The minimum absolute atomic E-state index is 0.0682. The molecule has 0 spiro atoms. The second kappa shape index (κ2) is 6.82. The summed E-state index contributed by atoms with van der Waals surface area (Å²) in [5.74, 6) is 0.166. The molecule has 1 saturated heterocycles. The maximum absolute atomic E-state index is 12.4. The molecule has 0 unspecified atom stereocenters. The van der Waals surface area contributed by atoms with Crippen LogP contribution in [-0.4, -0.2) is 42.4 Å². The Morgan fingerprint density at radius 1 is 1.04 bits per heavy atom. The lowest BCUT2D eigenvalue weighted by atomic mass is 9.85. The molecule has 0 aromatic heterocycles. The summed E-state index contributed by atoms with van der Waals surface area (Å²) in [6, 6.07) is 5.19. The Morgan fingerprint density at radius 3 is 2.38 bits per heavy atom. The van der Waals surface area contributed by atoms with Crippen LogP contribution in [0.4, 0.5) is 5.69 Å². The van der Waals surface area contributed by atoms with Gasteiger partial charge in [-0.05, 0) is 25.0 Å². The number of hydrogen-bond acceptors (Lipinski definition) is 5. The van der Waals surface area contributed by atoms with Crippen molar-refractivity contribution in [2.45, 2.75) is 19.3 Å². The number of imide groups is 1. The second-order valence-electron chi connectivity index (χ2n) is 6.64. The summed E-state index contributed by atoms with van der Waals surface area (Å²) in [5.41, 5.74) is 0.594. The highest BCUT2D eigenvalue weighted by Crippen LogP contribution is 2.35. The highest BCUT2D eigenvalue weighted by Gasteiger charge is 2.46. The number of ether oxygens (including phenoxy) is 2.